The van der Waals surface area contributed by atoms with Crippen LogP contribution in [0, 0.1) is 5.41 Å². The summed E-state index contributed by atoms with van der Waals surface area (Å²) in [6.07, 6.45) is 2.11. The molecule has 0 aromatic heterocycles. The number of rotatable bonds is 12. The lowest BCUT2D eigenvalue weighted by Crippen LogP contribution is -2.24. The Balaban J connectivity index is 0.00000612. The number of hydrogen-bond acceptors (Lipinski definition) is 7. The topological polar surface area (TPSA) is 124 Å². The van der Waals surface area contributed by atoms with Crippen LogP contribution in [0.4, 0.5) is 5.69 Å². The molecule has 0 heterocycles. The van der Waals surface area contributed by atoms with Gasteiger partial charge in [-0.25, -0.2) is 9.59 Å². The molecule has 4 N–H and O–H groups in total. The highest BCUT2D eigenvalue weighted by Crippen LogP contribution is 2.36. The predicted octanol–water partition coefficient (Wildman–Crippen LogP) is 4.60. The molecule has 2 rings (SSSR count). The molecule has 0 radical (unpaired) electrons. The van der Waals surface area contributed by atoms with Gasteiger partial charge in [-0.1, -0.05) is 24.3 Å². The molecule has 1 atom stereocenters. The van der Waals surface area contributed by atoms with Gasteiger partial charge in [-0.15, -0.1) is 19.0 Å². The first-order valence-electron chi connectivity index (χ1n) is 10.3. The number of esters is 2. The zero-order valence-electron chi connectivity index (χ0n) is 19.6. The lowest BCUT2D eigenvalue weighted by molar-refractivity contribution is -0.141. The summed E-state index contributed by atoms with van der Waals surface area (Å²) in [7, 11) is 1.28. The van der Waals surface area contributed by atoms with Gasteiger partial charge in [-0.05, 0) is 55.3 Å². The molecule has 0 aliphatic heterocycles. The predicted molar refractivity (Wildman–Crippen MR) is 140 cm³/mol. The van der Waals surface area contributed by atoms with Crippen molar-refractivity contribution < 1.29 is 23.8 Å². The summed E-state index contributed by atoms with van der Waals surface area (Å²) in [5.74, 6) is -0.752. The number of anilines is 1. The lowest BCUT2D eigenvalue weighted by Gasteiger charge is -2.23. The first kappa shape index (κ1) is 29.5. The lowest BCUT2D eigenvalue weighted by atomic mass is 9.99. The fourth-order valence-electron chi connectivity index (χ4n) is 3.07. The maximum absolute atomic E-state index is 12.8. The Morgan fingerprint density at radius 2 is 1.89 bits per heavy atom. The van der Waals surface area contributed by atoms with E-state index in [0.29, 0.717) is 39.6 Å². The molecule has 0 spiro atoms. The summed E-state index contributed by atoms with van der Waals surface area (Å²) >= 11 is 6.36. The average molecular weight is 522 g/mol. The van der Waals surface area contributed by atoms with Gasteiger partial charge in [0, 0.05) is 27.4 Å². The second-order valence-electron chi connectivity index (χ2n) is 7.33. The van der Waals surface area contributed by atoms with Crippen LogP contribution in [0.25, 0.3) is 0 Å². The van der Waals surface area contributed by atoms with Crippen molar-refractivity contribution in [1.29, 1.82) is 5.41 Å². The number of nitrogens with two attached hydrogens (primary N) is 1. The van der Waals surface area contributed by atoms with E-state index in [4.69, 9.17) is 37.0 Å². The molecule has 0 aliphatic rings. The molecular weight excluding hydrogens is 493 g/mol. The Labute approximate surface area is 216 Å². The van der Waals surface area contributed by atoms with E-state index in [9.17, 15) is 9.59 Å². The number of carbonyl (C=O) groups is 2. The Kier molecular flexibility index (Phi) is 11.8. The molecule has 0 aliphatic carbocycles. The first-order valence-corrected chi connectivity index (χ1v) is 10.7. The average Bonchev–Trinajstić information content (AvgIpc) is 2.80. The number of nitrogens with one attached hydrogen (secondary N) is 2. The van der Waals surface area contributed by atoms with Crippen LogP contribution in [-0.4, -0.2) is 38.1 Å². The van der Waals surface area contributed by atoms with Crippen molar-refractivity contribution in [3.05, 3.63) is 82.9 Å². The molecule has 8 nitrogen and oxygen atoms in total. The summed E-state index contributed by atoms with van der Waals surface area (Å²) in [6.45, 7) is 8.90. The number of halogens is 2. The van der Waals surface area contributed by atoms with E-state index in [1.54, 1.807) is 49.4 Å². The van der Waals surface area contributed by atoms with E-state index >= 15 is 0 Å². The Hall–Kier alpha value is -3.49. The van der Waals surface area contributed by atoms with Crippen LogP contribution < -0.4 is 15.8 Å². The highest BCUT2D eigenvalue weighted by molar-refractivity contribution is 6.30. The Morgan fingerprint density at radius 1 is 1.23 bits per heavy atom. The third-order valence-electron chi connectivity index (χ3n) is 4.69. The first-order chi connectivity index (χ1) is 16.2. The maximum atomic E-state index is 12.8. The van der Waals surface area contributed by atoms with Crippen molar-refractivity contribution in [3.8, 4) is 5.75 Å². The molecular formula is C25H29Cl2N3O5. The third kappa shape index (κ3) is 8.35. The molecule has 2 aromatic carbocycles. The minimum atomic E-state index is -0.969. The molecule has 0 bridgehead atoms. The number of nitrogen functional groups attached to an aromatic ring is 1. The maximum Gasteiger partial charge on any atom is 0.333 e. The van der Waals surface area contributed by atoms with E-state index in [1.165, 1.54) is 7.11 Å². The fraction of sp³-hybridized carbons (Fsp3) is 0.240. The zero-order chi connectivity index (χ0) is 25.3. The van der Waals surface area contributed by atoms with E-state index in [0.717, 1.165) is 0 Å². The number of benzene rings is 2. The smallest absolute Gasteiger partial charge is 0.333 e. The van der Waals surface area contributed by atoms with Gasteiger partial charge >= 0.3 is 11.9 Å². The molecule has 0 fully saturated rings. The summed E-state index contributed by atoms with van der Waals surface area (Å²) in [5.41, 5.74) is 8.08. The van der Waals surface area contributed by atoms with E-state index in [-0.39, 0.29) is 37.0 Å². The van der Waals surface area contributed by atoms with Crippen LogP contribution in [-0.2, 0) is 25.5 Å². The number of hydrogen-bond donors (Lipinski definition) is 3. The molecule has 2 aromatic rings. The van der Waals surface area contributed by atoms with Gasteiger partial charge in [0.15, 0.2) is 6.04 Å². The Morgan fingerprint density at radius 3 is 2.43 bits per heavy atom. The number of ether oxygens (including phenoxy) is 3. The molecule has 1 unspecified atom stereocenters. The number of carbonyl (C=O) groups excluding carboxylic acids is 2. The molecule has 10 heteroatoms. The third-order valence-corrected chi connectivity index (χ3v) is 4.91. The minimum absolute atomic E-state index is 0. The van der Waals surface area contributed by atoms with Crippen LogP contribution in [0.5, 0.6) is 5.75 Å². The van der Waals surface area contributed by atoms with Crippen molar-refractivity contribution in [2.45, 2.75) is 19.4 Å². The van der Waals surface area contributed by atoms with Gasteiger partial charge in [0.25, 0.3) is 0 Å². The number of methoxy groups -OCH3 is 1. The van der Waals surface area contributed by atoms with Crippen molar-refractivity contribution in [2.75, 3.05) is 25.6 Å². The van der Waals surface area contributed by atoms with E-state index in [2.05, 4.69) is 18.5 Å². The summed E-state index contributed by atoms with van der Waals surface area (Å²) in [4.78, 5) is 24.4. The SMILES string of the molecule is C=CCc1cc(Cl)cc(C(Nc2ccc(C(=N)N)cc2)C(=O)OC)c1OCCOC(=O)C(=C)C.Cl. The van der Waals surface area contributed by atoms with Gasteiger partial charge in [0.1, 0.15) is 24.8 Å². The standard InChI is InChI=1S/C25H28ClN3O5.ClH/c1-5-6-17-13-18(26)14-20(22(17)33-11-12-34-24(30)15(2)3)21(25(31)32-4)29-19-9-7-16(8-10-19)23(27)28;/h5,7-10,13-14,21,29H,1-2,6,11-12H2,3-4H3,(H3,27,28);1H. The molecule has 188 valence electrons. The molecule has 0 saturated carbocycles. The van der Waals surface area contributed by atoms with Gasteiger partial charge in [0.2, 0.25) is 0 Å². The monoisotopic (exact) mass is 521 g/mol. The van der Waals surface area contributed by atoms with Gasteiger partial charge in [-0.2, -0.15) is 0 Å². The van der Waals surface area contributed by atoms with E-state index in [1.807, 2.05) is 0 Å². The van der Waals surface area contributed by atoms with Gasteiger partial charge in [-0.3, -0.25) is 5.41 Å². The van der Waals surface area contributed by atoms with Crippen LogP contribution in [0.15, 0.2) is 61.2 Å². The fourth-order valence-corrected chi connectivity index (χ4v) is 3.32. The minimum Gasteiger partial charge on any atom is -0.489 e. The quantitative estimate of drug-likeness (QED) is 0.0930. The zero-order valence-corrected chi connectivity index (χ0v) is 21.1. The second kappa shape index (κ2) is 14.0. The normalized spacial score (nSPS) is 10.8. The van der Waals surface area contributed by atoms with E-state index < -0.39 is 18.0 Å². The second-order valence-corrected chi connectivity index (χ2v) is 7.77. The van der Waals surface area contributed by atoms with Crippen LogP contribution >= 0.6 is 24.0 Å². The molecule has 0 amide bonds. The largest absolute Gasteiger partial charge is 0.489 e. The summed E-state index contributed by atoms with van der Waals surface area (Å²) < 4.78 is 16.1. The van der Waals surface area contributed by atoms with Crippen molar-refractivity contribution in [1.82, 2.24) is 0 Å². The number of allylic oxidation sites excluding steroid dienone is 1. The molecule has 0 saturated heterocycles. The summed E-state index contributed by atoms with van der Waals surface area (Å²) in [5, 5.41) is 11.1. The highest BCUT2D eigenvalue weighted by atomic mass is 35.5. The number of amidine groups is 1. The van der Waals surface area contributed by atoms with Crippen molar-refractivity contribution >= 4 is 47.5 Å². The van der Waals surface area contributed by atoms with Crippen LogP contribution in [0.2, 0.25) is 5.02 Å². The van der Waals surface area contributed by atoms with Crippen molar-refractivity contribution in [3.63, 3.8) is 0 Å². The highest BCUT2D eigenvalue weighted by Gasteiger charge is 2.27. The summed E-state index contributed by atoms with van der Waals surface area (Å²) in [6, 6.07) is 9.07. The molecule has 35 heavy (non-hydrogen) atoms. The van der Waals surface area contributed by atoms with Gasteiger partial charge < -0.3 is 25.3 Å². The van der Waals surface area contributed by atoms with Crippen LogP contribution in [0.1, 0.15) is 29.7 Å². The Bertz CT molecular complexity index is 1090. The van der Waals surface area contributed by atoms with Gasteiger partial charge in [0.05, 0.1) is 7.11 Å². The van der Waals surface area contributed by atoms with Crippen molar-refractivity contribution in [2.24, 2.45) is 5.73 Å². The van der Waals surface area contributed by atoms with Crippen LogP contribution in [0.3, 0.4) is 0 Å².